The Morgan fingerprint density at radius 1 is 1.32 bits per heavy atom. The summed E-state index contributed by atoms with van der Waals surface area (Å²) in [5, 5.41) is 10.2. The zero-order chi connectivity index (χ0) is 13.7. The molecule has 3 N–H and O–H groups in total. The second kappa shape index (κ2) is 6.19. The zero-order valence-corrected chi connectivity index (χ0v) is 12.2. The third kappa shape index (κ3) is 5.03. The summed E-state index contributed by atoms with van der Waals surface area (Å²) in [5.41, 5.74) is 0.242. The van der Waals surface area contributed by atoms with Crippen LogP contribution in [0.15, 0.2) is 12.4 Å². The molecule has 1 aliphatic heterocycles. The molecule has 1 saturated heterocycles. The highest BCUT2D eigenvalue weighted by atomic mass is 15.1. The Labute approximate surface area is 115 Å². The average molecular weight is 263 g/mol. The van der Waals surface area contributed by atoms with E-state index in [1.807, 2.05) is 6.07 Å². The van der Waals surface area contributed by atoms with E-state index in [9.17, 15) is 0 Å². The van der Waals surface area contributed by atoms with Gasteiger partial charge in [-0.05, 0) is 24.8 Å². The Bertz CT molecular complexity index is 393. The van der Waals surface area contributed by atoms with E-state index < -0.39 is 0 Å². The van der Waals surface area contributed by atoms with Crippen LogP contribution in [0.3, 0.4) is 0 Å². The number of hydrogen-bond donors (Lipinski definition) is 3. The molecule has 1 aromatic rings. The van der Waals surface area contributed by atoms with Gasteiger partial charge in [0.25, 0.3) is 0 Å². The van der Waals surface area contributed by atoms with E-state index in [0.717, 1.165) is 31.3 Å². The molecule has 5 heteroatoms. The molecule has 1 aromatic heterocycles. The lowest BCUT2D eigenvalue weighted by atomic mass is 9.97. The van der Waals surface area contributed by atoms with Crippen LogP contribution in [0.4, 0.5) is 11.6 Å². The van der Waals surface area contributed by atoms with Crippen LogP contribution >= 0.6 is 0 Å². The predicted molar refractivity (Wildman–Crippen MR) is 79.5 cm³/mol. The molecule has 0 bridgehead atoms. The van der Waals surface area contributed by atoms with Gasteiger partial charge in [0.2, 0.25) is 0 Å². The fraction of sp³-hybridized carbons (Fsp3) is 0.714. The average Bonchev–Trinajstić information content (AvgIpc) is 2.37. The predicted octanol–water partition coefficient (Wildman–Crippen LogP) is 2.10. The Morgan fingerprint density at radius 3 is 2.79 bits per heavy atom. The van der Waals surface area contributed by atoms with Crippen LogP contribution in [-0.2, 0) is 0 Å². The maximum atomic E-state index is 4.29. The number of rotatable bonds is 4. The van der Waals surface area contributed by atoms with E-state index in [1.54, 1.807) is 6.33 Å². The van der Waals surface area contributed by atoms with Crippen molar-refractivity contribution in [1.29, 1.82) is 0 Å². The minimum Gasteiger partial charge on any atom is -0.369 e. The maximum Gasteiger partial charge on any atom is 0.131 e. The second-order valence-corrected chi connectivity index (χ2v) is 6.39. The van der Waals surface area contributed by atoms with Crippen molar-refractivity contribution in [3.8, 4) is 0 Å². The van der Waals surface area contributed by atoms with Crippen LogP contribution in [0, 0.1) is 5.41 Å². The van der Waals surface area contributed by atoms with Crippen LogP contribution < -0.4 is 16.0 Å². The van der Waals surface area contributed by atoms with Crippen molar-refractivity contribution in [2.75, 3.05) is 30.3 Å². The fourth-order valence-electron chi connectivity index (χ4n) is 2.07. The molecule has 106 valence electrons. The van der Waals surface area contributed by atoms with Crippen molar-refractivity contribution < 1.29 is 0 Å². The Morgan fingerprint density at radius 2 is 2.11 bits per heavy atom. The molecule has 2 heterocycles. The van der Waals surface area contributed by atoms with Crippen LogP contribution in [-0.4, -0.2) is 35.6 Å². The Hall–Kier alpha value is -1.36. The Balaban J connectivity index is 1.90. The van der Waals surface area contributed by atoms with Crippen molar-refractivity contribution in [3.63, 3.8) is 0 Å². The molecule has 1 aliphatic rings. The van der Waals surface area contributed by atoms with E-state index in [-0.39, 0.29) is 5.41 Å². The molecular weight excluding hydrogens is 238 g/mol. The maximum absolute atomic E-state index is 4.29. The third-order valence-corrected chi connectivity index (χ3v) is 3.12. The Kier molecular flexibility index (Phi) is 4.58. The fourth-order valence-corrected chi connectivity index (χ4v) is 2.07. The van der Waals surface area contributed by atoms with E-state index in [4.69, 9.17) is 0 Å². The molecule has 1 unspecified atom stereocenters. The summed E-state index contributed by atoms with van der Waals surface area (Å²) in [6.45, 7) is 9.64. The first-order valence-corrected chi connectivity index (χ1v) is 7.06. The number of anilines is 2. The molecule has 0 radical (unpaired) electrons. The van der Waals surface area contributed by atoms with Gasteiger partial charge in [0.1, 0.15) is 18.0 Å². The molecule has 1 atom stereocenters. The lowest BCUT2D eigenvalue weighted by Gasteiger charge is -2.24. The van der Waals surface area contributed by atoms with Gasteiger partial charge in [-0.15, -0.1) is 0 Å². The van der Waals surface area contributed by atoms with Gasteiger partial charge in [-0.1, -0.05) is 20.8 Å². The normalized spacial score (nSPS) is 20.1. The SMILES string of the molecule is CC(C)(C)CNc1cc(NC2CCCNC2)ncn1. The van der Waals surface area contributed by atoms with Crippen molar-refractivity contribution in [1.82, 2.24) is 15.3 Å². The van der Waals surface area contributed by atoms with E-state index in [0.29, 0.717) is 6.04 Å². The smallest absolute Gasteiger partial charge is 0.131 e. The van der Waals surface area contributed by atoms with Crippen LogP contribution in [0.2, 0.25) is 0 Å². The zero-order valence-electron chi connectivity index (χ0n) is 12.2. The quantitative estimate of drug-likeness (QED) is 0.776. The molecule has 0 aromatic carbocycles. The molecule has 19 heavy (non-hydrogen) atoms. The van der Waals surface area contributed by atoms with E-state index >= 15 is 0 Å². The van der Waals surface area contributed by atoms with Crippen LogP contribution in [0.5, 0.6) is 0 Å². The van der Waals surface area contributed by atoms with Crippen LogP contribution in [0.25, 0.3) is 0 Å². The van der Waals surface area contributed by atoms with Gasteiger partial charge >= 0.3 is 0 Å². The van der Waals surface area contributed by atoms with Gasteiger partial charge in [-0.25, -0.2) is 9.97 Å². The summed E-state index contributed by atoms with van der Waals surface area (Å²) in [6.07, 6.45) is 4.03. The monoisotopic (exact) mass is 263 g/mol. The number of hydrogen-bond acceptors (Lipinski definition) is 5. The molecule has 0 amide bonds. The van der Waals surface area contributed by atoms with Crippen molar-refractivity contribution in [2.24, 2.45) is 5.41 Å². The molecule has 0 spiro atoms. The van der Waals surface area contributed by atoms with Gasteiger partial charge in [0.15, 0.2) is 0 Å². The standard InChI is InChI=1S/C14H25N5/c1-14(2,3)9-16-12-7-13(18-10-17-12)19-11-5-4-6-15-8-11/h7,10-11,15H,4-6,8-9H2,1-3H3,(H2,16,17,18,19). The number of nitrogens with zero attached hydrogens (tertiary/aromatic N) is 2. The van der Waals surface area contributed by atoms with E-state index in [1.165, 1.54) is 12.8 Å². The molecule has 2 rings (SSSR count). The summed E-state index contributed by atoms with van der Waals surface area (Å²) in [5.74, 6) is 1.79. The molecule has 0 saturated carbocycles. The van der Waals surface area contributed by atoms with Gasteiger partial charge in [0.05, 0.1) is 0 Å². The van der Waals surface area contributed by atoms with Gasteiger partial charge in [0, 0.05) is 25.2 Å². The highest BCUT2D eigenvalue weighted by molar-refractivity contribution is 5.47. The van der Waals surface area contributed by atoms with Crippen molar-refractivity contribution in [2.45, 2.75) is 39.7 Å². The third-order valence-electron chi connectivity index (χ3n) is 3.12. The van der Waals surface area contributed by atoms with Gasteiger partial charge < -0.3 is 16.0 Å². The minimum atomic E-state index is 0.242. The van der Waals surface area contributed by atoms with E-state index in [2.05, 4.69) is 46.7 Å². The summed E-state index contributed by atoms with van der Waals surface area (Å²) in [7, 11) is 0. The van der Waals surface area contributed by atoms with Crippen LogP contribution in [0.1, 0.15) is 33.6 Å². The van der Waals surface area contributed by atoms with Crippen molar-refractivity contribution in [3.05, 3.63) is 12.4 Å². The lowest BCUT2D eigenvalue weighted by Crippen LogP contribution is -2.38. The molecule has 5 nitrogen and oxygen atoms in total. The summed E-state index contributed by atoms with van der Waals surface area (Å²) >= 11 is 0. The first-order valence-electron chi connectivity index (χ1n) is 7.06. The highest BCUT2D eigenvalue weighted by Crippen LogP contribution is 2.16. The molecule has 1 fully saturated rings. The largest absolute Gasteiger partial charge is 0.369 e. The first-order chi connectivity index (χ1) is 9.03. The van der Waals surface area contributed by atoms with Crippen molar-refractivity contribution >= 4 is 11.6 Å². The number of piperidine rings is 1. The number of aromatic nitrogens is 2. The first kappa shape index (κ1) is 14.1. The minimum absolute atomic E-state index is 0.242. The summed E-state index contributed by atoms with van der Waals surface area (Å²) < 4.78 is 0. The molecular formula is C14H25N5. The topological polar surface area (TPSA) is 61.9 Å². The van der Waals surface area contributed by atoms with Gasteiger partial charge in [-0.3, -0.25) is 0 Å². The second-order valence-electron chi connectivity index (χ2n) is 6.39. The molecule has 0 aliphatic carbocycles. The summed E-state index contributed by atoms with van der Waals surface area (Å²) in [6, 6.07) is 2.46. The highest BCUT2D eigenvalue weighted by Gasteiger charge is 2.14. The summed E-state index contributed by atoms with van der Waals surface area (Å²) in [4.78, 5) is 8.55. The number of nitrogens with one attached hydrogen (secondary N) is 3. The lowest BCUT2D eigenvalue weighted by molar-refractivity contribution is 0.442. The van der Waals surface area contributed by atoms with Gasteiger partial charge in [-0.2, -0.15) is 0 Å².